The van der Waals surface area contributed by atoms with Crippen LogP contribution in [0.25, 0.3) is 0 Å². The highest BCUT2D eigenvalue weighted by atomic mass is 79.9. The summed E-state index contributed by atoms with van der Waals surface area (Å²) in [5.41, 5.74) is 6.20. The van der Waals surface area contributed by atoms with E-state index in [0.29, 0.717) is 18.8 Å². The number of alkyl halides is 3. The average Bonchev–Trinajstić information content (AvgIpc) is 2.65. The second-order valence-corrected chi connectivity index (χ2v) is 7.28. The summed E-state index contributed by atoms with van der Waals surface area (Å²) in [6.45, 7) is 2.38. The van der Waals surface area contributed by atoms with Crippen LogP contribution in [0.3, 0.4) is 0 Å². The highest BCUT2D eigenvalue weighted by Crippen LogP contribution is 2.36. The summed E-state index contributed by atoms with van der Waals surface area (Å²) in [5, 5.41) is 20.5. The SMILES string of the molecule is CC(=O)Nc1cccc(N(CCO)CCO)c1.Nc1c(Cl)cc(C(F)(F)F)cc1Br. The molecule has 2 aromatic rings. The number of nitrogens with zero attached hydrogens (tertiary/aromatic N) is 1. The number of hydrogen-bond acceptors (Lipinski definition) is 5. The number of anilines is 3. The van der Waals surface area contributed by atoms with Gasteiger partial charge in [-0.3, -0.25) is 4.79 Å². The number of nitrogens with one attached hydrogen (secondary N) is 1. The Morgan fingerprint density at radius 1 is 1.20 bits per heavy atom. The zero-order chi connectivity index (χ0) is 22.9. The largest absolute Gasteiger partial charge is 0.416 e. The second-order valence-electron chi connectivity index (χ2n) is 6.02. The van der Waals surface area contributed by atoms with Gasteiger partial charge in [-0.15, -0.1) is 0 Å². The highest BCUT2D eigenvalue weighted by molar-refractivity contribution is 9.10. The molecule has 0 aromatic heterocycles. The Balaban J connectivity index is 0.000000311. The van der Waals surface area contributed by atoms with Crippen molar-refractivity contribution in [2.75, 3.05) is 42.3 Å². The molecule has 2 rings (SSSR count). The molecule has 5 N–H and O–H groups in total. The molecule has 0 radical (unpaired) electrons. The van der Waals surface area contributed by atoms with Gasteiger partial charge in [0.05, 0.1) is 29.5 Å². The number of hydrogen-bond donors (Lipinski definition) is 4. The lowest BCUT2D eigenvalue weighted by atomic mass is 10.2. The molecule has 1 amide bonds. The van der Waals surface area contributed by atoms with Crippen molar-refractivity contribution in [1.82, 2.24) is 0 Å². The third kappa shape index (κ3) is 8.39. The highest BCUT2D eigenvalue weighted by Gasteiger charge is 2.31. The van der Waals surface area contributed by atoms with Gasteiger partial charge < -0.3 is 26.2 Å². The van der Waals surface area contributed by atoms with E-state index in [9.17, 15) is 18.0 Å². The number of halogens is 5. The normalized spacial score (nSPS) is 10.8. The van der Waals surface area contributed by atoms with Crippen LogP contribution in [0.5, 0.6) is 0 Å². The summed E-state index contributed by atoms with van der Waals surface area (Å²) in [7, 11) is 0. The smallest absolute Gasteiger partial charge is 0.397 e. The monoisotopic (exact) mass is 511 g/mol. The van der Waals surface area contributed by atoms with Crippen molar-refractivity contribution in [1.29, 1.82) is 0 Å². The van der Waals surface area contributed by atoms with Crippen molar-refractivity contribution < 1.29 is 28.2 Å². The maximum atomic E-state index is 12.2. The van der Waals surface area contributed by atoms with E-state index in [2.05, 4.69) is 21.2 Å². The van der Waals surface area contributed by atoms with E-state index >= 15 is 0 Å². The molecule has 30 heavy (non-hydrogen) atoms. The van der Waals surface area contributed by atoms with Crippen LogP contribution in [0.4, 0.5) is 30.2 Å². The molecule has 166 valence electrons. The van der Waals surface area contributed by atoms with Gasteiger partial charge in [-0.1, -0.05) is 17.7 Å². The van der Waals surface area contributed by atoms with Gasteiger partial charge in [-0.2, -0.15) is 13.2 Å². The number of aliphatic hydroxyl groups excluding tert-OH is 2. The lowest BCUT2D eigenvalue weighted by Gasteiger charge is -2.23. The van der Waals surface area contributed by atoms with E-state index in [1.165, 1.54) is 6.92 Å². The fraction of sp³-hybridized carbons (Fsp3) is 0.316. The maximum Gasteiger partial charge on any atom is 0.416 e. The Kier molecular flexibility index (Phi) is 10.4. The molecule has 0 saturated carbocycles. The second kappa shape index (κ2) is 12.0. The summed E-state index contributed by atoms with van der Waals surface area (Å²) < 4.78 is 36.6. The molecule has 2 aromatic carbocycles. The lowest BCUT2D eigenvalue weighted by molar-refractivity contribution is -0.137. The Labute approximate surface area is 185 Å². The first kappa shape index (κ1) is 26.0. The van der Waals surface area contributed by atoms with Crippen LogP contribution in [0.1, 0.15) is 12.5 Å². The van der Waals surface area contributed by atoms with Crippen LogP contribution >= 0.6 is 27.5 Å². The first-order valence-electron chi connectivity index (χ1n) is 8.65. The molecule has 0 bridgehead atoms. The summed E-state index contributed by atoms with van der Waals surface area (Å²) in [5.74, 6) is -0.127. The molecule has 0 unspecified atom stereocenters. The standard InChI is InChI=1S/C12H18N2O3.C7H4BrClF3N/c1-10(17)13-11-3-2-4-12(9-11)14(5-7-15)6-8-16;8-4-1-3(7(10,11)12)2-5(9)6(4)13/h2-4,9,15-16H,5-8H2,1H3,(H,13,17);1-2H,13H2. The van der Waals surface area contributed by atoms with Gasteiger partial charge in [0.2, 0.25) is 5.91 Å². The van der Waals surface area contributed by atoms with Crippen LogP contribution < -0.4 is 16.0 Å². The van der Waals surface area contributed by atoms with Crippen LogP contribution in [-0.4, -0.2) is 42.4 Å². The summed E-state index contributed by atoms with van der Waals surface area (Å²) in [6.07, 6.45) is -4.40. The van der Waals surface area contributed by atoms with E-state index in [4.69, 9.17) is 27.5 Å². The molecule has 0 aliphatic rings. The molecule has 0 saturated heterocycles. The van der Waals surface area contributed by atoms with Gasteiger partial charge >= 0.3 is 6.18 Å². The number of nitrogens with two attached hydrogens (primary N) is 1. The Morgan fingerprint density at radius 3 is 2.27 bits per heavy atom. The van der Waals surface area contributed by atoms with Crippen LogP contribution in [0, 0.1) is 0 Å². The summed E-state index contributed by atoms with van der Waals surface area (Å²) in [6, 6.07) is 8.98. The number of nitrogen functional groups attached to an aromatic ring is 1. The zero-order valence-electron chi connectivity index (χ0n) is 16.0. The molecule has 0 atom stereocenters. The minimum Gasteiger partial charge on any atom is -0.397 e. The van der Waals surface area contributed by atoms with Crippen molar-refractivity contribution in [2.45, 2.75) is 13.1 Å². The fourth-order valence-electron chi connectivity index (χ4n) is 2.34. The van der Waals surface area contributed by atoms with Gasteiger partial charge in [0.25, 0.3) is 0 Å². The number of carbonyl (C=O) groups excluding carboxylic acids is 1. The van der Waals surface area contributed by atoms with Crippen LogP contribution in [0.15, 0.2) is 40.9 Å². The fourth-order valence-corrected chi connectivity index (χ4v) is 3.14. The molecule has 0 spiro atoms. The predicted octanol–water partition coefficient (Wildman–Crippen LogP) is 4.14. The molecule has 0 fully saturated rings. The van der Waals surface area contributed by atoms with Crippen molar-refractivity contribution in [3.63, 3.8) is 0 Å². The van der Waals surface area contributed by atoms with E-state index < -0.39 is 11.7 Å². The van der Waals surface area contributed by atoms with Crippen molar-refractivity contribution >= 4 is 50.5 Å². The quantitative estimate of drug-likeness (QED) is 0.436. The minimum absolute atomic E-state index is 0.0182. The van der Waals surface area contributed by atoms with Gasteiger partial charge in [0, 0.05) is 35.9 Å². The number of carbonyl (C=O) groups is 1. The first-order chi connectivity index (χ1) is 14.0. The molecule has 0 aliphatic heterocycles. The number of benzene rings is 2. The zero-order valence-corrected chi connectivity index (χ0v) is 18.4. The Hall–Kier alpha value is -2.01. The van der Waals surface area contributed by atoms with E-state index in [0.717, 1.165) is 17.8 Å². The minimum atomic E-state index is -4.40. The van der Waals surface area contributed by atoms with Gasteiger partial charge in [0.1, 0.15) is 0 Å². The van der Waals surface area contributed by atoms with Gasteiger partial charge in [0.15, 0.2) is 0 Å². The van der Waals surface area contributed by atoms with E-state index in [1.54, 1.807) is 6.07 Å². The summed E-state index contributed by atoms with van der Waals surface area (Å²) >= 11 is 8.35. The molecule has 6 nitrogen and oxygen atoms in total. The van der Waals surface area contributed by atoms with Crippen molar-refractivity contribution in [3.05, 3.63) is 51.5 Å². The molecular formula is C19H22BrClF3N3O3. The number of aliphatic hydroxyl groups is 2. The number of amides is 1. The first-order valence-corrected chi connectivity index (χ1v) is 9.82. The van der Waals surface area contributed by atoms with Crippen molar-refractivity contribution in [2.24, 2.45) is 0 Å². The average molecular weight is 513 g/mol. The van der Waals surface area contributed by atoms with E-state index in [-0.39, 0.29) is 34.3 Å². The van der Waals surface area contributed by atoms with Crippen LogP contribution in [0.2, 0.25) is 5.02 Å². The molecule has 0 heterocycles. The molecule has 0 aliphatic carbocycles. The van der Waals surface area contributed by atoms with Gasteiger partial charge in [-0.25, -0.2) is 0 Å². The Bertz CT molecular complexity index is 824. The summed E-state index contributed by atoms with van der Waals surface area (Å²) in [4.78, 5) is 12.8. The third-order valence-electron chi connectivity index (χ3n) is 3.68. The van der Waals surface area contributed by atoms with E-state index in [1.807, 2.05) is 23.1 Å². The number of rotatable bonds is 6. The predicted molar refractivity (Wildman–Crippen MR) is 116 cm³/mol. The third-order valence-corrected chi connectivity index (χ3v) is 4.65. The topological polar surface area (TPSA) is 98.8 Å². The van der Waals surface area contributed by atoms with Crippen molar-refractivity contribution in [3.8, 4) is 0 Å². The molecular weight excluding hydrogens is 491 g/mol. The lowest BCUT2D eigenvalue weighted by Crippen LogP contribution is -2.29. The van der Waals surface area contributed by atoms with Crippen LogP contribution in [-0.2, 0) is 11.0 Å². The van der Waals surface area contributed by atoms with Gasteiger partial charge in [-0.05, 0) is 46.3 Å². The maximum absolute atomic E-state index is 12.2. The molecule has 11 heteroatoms. The Morgan fingerprint density at radius 2 is 1.80 bits per heavy atom.